The van der Waals surface area contributed by atoms with Crippen LogP contribution in [0, 0.1) is 13.8 Å². The van der Waals surface area contributed by atoms with Gasteiger partial charge >= 0.3 is 0 Å². The minimum atomic E-state index is 0.843. The molecule has 272 valence electrons. The Morgan fingerprint density at radius 2 is 0.947 bits per heavy atom. The summed E-state index contributed by atoms with van der Waals surface area (Å²) >= 11 is 0. The minimum Gasteiger partial charge on any atom is -0.387 e. The third-order valence-corrected chi connectivity index (χ3v) is 11.6. The molecule has 8 aromatic carbocycles. The summed E-state index contributed by atoms with van der Waals surface area (Å²) in [5.41, 5.74) is 19.7. The molecule has 1 aliphatic rings. The first-order valence-corrected chi connectivity index (χ1v) is 19.8. The fraction of sp³-hybridized carbons (Fsp3) is 0.0545. The van der Waals surface area contributed by atoms with Gasteiger partial charge in [0.25, 0.3) is 0 Å². The predicted molar refractivity (Wildman–Crippen MR) is 243 cm³/mol. The number of dihydropyridines is 1. The van der Waals surface area contributed by atoms with E-state index in [2.05, 4.69) is 206 Å². The first kappa shape index (κ1) is 34.3. The van der Waals surface area contributed by atoms with E-state index in [-0.39, 0.29) is 0 Å². The van der Waals surface area contributed by atoms with Crippen molar-refractivity contribution >= 4 is 27.1 Å². The van der Waals surface area contributed by atoms with Crippen molar-refractivity contribution in [2.75, 3.05) is 6.54 Å². The van der Waals surface area contributed by atoms with E-state index in [1.807, 2.05) is 12.4 Å². The molecule has 0 saturated carbocycles. The van der Waals surface area contributed by atoms with Gasteiger partial charge in [-0.3, -0.25) is 0 Å². The second-order valence-electron chi connectivity index (χ2n) is 15.1. The molecule has 0 saturated heterocycles. The van der Waals surface area contributed by atoms with Crippen molar-refractivity contribution in [3.63, 3.8) is 0 Å². The molecule has 0 unspecified atom stereocenters. The number of hydrogen-bond donors (Lipinski definition) is 2. The van der Waals surface area contributed by atoms with E-state index in [0.717, 1.165) is 6.54 Å². The highest BCUT2D eigenvalue weighted by atomic mass is 14.8. The van der Waals surface area contributed by atoms with E-state index < -0.39 is 0 Å². The van der Waals surface area contributed by atoms with Gasteiger partial charge in [-0.2, -0.15) is 0 Å². The Morgan fingerprint density at radius 3 is 1.51 bits per heavy atom. The fourth-order valence-corrected chi connectivity index (χ4v) is 8.80. The lowest BCUT2D eigenvalue weighted by molar-refractivity contribution is 0.975. The van der Waals surface area contributed by atoms with Crippen molar-refractivity contribution in [2.45, 2.75) is 13.8 Å². The molecule has 57 heavy (non-hydrogen) atoms. The summed E-state index contributed by atoms with van der Waals surface area (Å²) in [7, 11) is 0. The average Bonchev–Trinajstić information content (AvgIpc) is 3.81. The number of aromatic amines is 1. The number of aryl methyl sites for hydroxylation is 2. The zero-order valence-corrected chi connectivity index (χ0v) is 32.2. The van der Waals surface area contributed by atoms with Crippen LogP contribution in [0.5, 0.6) is 0 Å². The Morgan fingerprint density at radius 1 is 0.404 bits per heavy atom. The average molecular weight is 731 g/mol. The Bertz CT molecular complexity index is 2950. The molecule has 0 aliphatic carbocycles. The summed E-state index contributed by atoms with van der Waals surface area (Å²) in [5.74, 6) is 0. The van der Waals surface area contributed by atoms with Crippen molar-refractivity contribution < 1.29 is 0 Å². The number of rotatable bonds is 7. The molecule has 0 bridgehead atoms. The summed E-state index contributed by atoms with van der Waals surface area (Å²) in [4.78, 5) is 3.23. The summed E-state index contributed by atoms with van der Waals surface area (Å²) in [6, 6.07) is 60.8. The van der Waals surface area contributed by atoms with Crippen LogP contribution in [0.4, 0.5) is 0 Å². The maximum absolute atomic E-state index is 3.30. The third kappa shape index (κ3) is 6.36. The highest BCUT2D eigenvalue weighted by molar-refractivity contribution is 6.22. The quantitative estimate of drug-likeness (QED) is 0.157. The molecule has 0 amide bonds. The molecule has 2 heterocycles. The molecule has 2 heteroatoms. The van der Waals surface area contributed by atoms with E-state index in [1.54, 1.807) is 0 Å². The van der Waals surface area contributed by atoms with E-state index in [4.69, 9.17) is 0 Å². The van der Waals surface area contributed by atoms with Crippen molar-refractivity contribution in [1.82, 2.24) is 10.3 Å². The number of benzene rings is 8. The predicted octanol–water partition coefficient (Wildman–Crippen LogP) is 14.4. The number of hydrogen-bond acceptors (Lipinski definition) is 1. The third-order valence-electron chi connectivity index (χ3n) is 11.6. The molecule has 0 atom stereocenters. The van der Waals surface area contributed by atoms with Gasteiger partial charge in [0.05, 0.1) is 0 Å². The molecule has 2 N–H and O–H groups in total. The first-order valence-electron chi connectivity index (χ1n) is 19.8. The van der Waals surface area contributed by atoms with Crippen LogP contribution in [0.2, 0.25) is 0 Å². The molecule has 0 radical (unpaired) electrons. The van der Waals surface area contributed by atoms with Gasteiger partial charge in [0.15, 0.2) is 0 Å². The van der Waals surface area contributed by atoms with Gasteiger partial charge in [0.1, 0.15) is 0 Å². The zero-order valence-electron chi connectivity index (χ0n) is 32.2. The highest BCUT2D eigenvalue weighted by Crippen LogP contribution is 2.46. The Kier molecular flexibility index (Phi) is 8.73. The molecule has 9 aromatic rings. The van der Waals surface area contributed by atoms with Gasteiger partial charge in [-0.1, -0.05) is 140 Å². The van der Waals surface area contributed by atoms with Gasteiger partial charge in [-0.05, 0) is 167 Å². The van der Waals surface area contributed by atoms with Crippen LogP contribution in [0.15, 0.2) is 195 Å². The Labute approximate surface area is 334 Å². The van der Waals surface area contributed by atoms with Crippen molar-refractivity contribution in [2.24, 2.45) is 0 Å². The van der Waals surface area contributed by atoms with Crippen molar-refractivity contribution in [1.29, 1.82) is 0 Å². The lowest BCUT2D eigenvalue weighted by Gasteiger charge is -2.20. The Hall–Kier alpha value is -7.16. The highest BCUT2D eigenvalue weighted by Gasteiger charge is 2.20. The summed E-state index contributed by atoms with van der Waals surface area (Å²) in [6.45, 7) is 5.31. The van der Waals surface area contributed by atoms with Crippen LogP contribution >= 0.6 is 0 Å². The van der Waals surface area contributed by atoms with Gasteiger partial charge in [-0.25, -0.2) is 0 Å². The molecular weight excluding hydrogens is 689 g/mol. The lowest BCUT2D eigenvalue weighted by Crippen LogP contribution is -2.08. The maximum atomic E-state index is 3.30. The van der Waals surface area contributed by atoms with Crippen LogP contribution < -0.4 is 5.32 Å². The van der Waals surface area contributed by atoms with Gasteiger partial charge in [0.2, 0.25) is 0 Å². The second-order valence-corrected chi connectivity index (χ2v) is 15.1. The normalized spacial score (nSPS) is 12.5. The van der Waals surface area contributed by atoms with Crippen molar-refractivity contribution in [3.8, 4) is 66.8 Å². The van der Waals surface area contributed by atoms with Crippen molar-refractivity contribution in [3.05, 3.63) is 211 Å². The number of nitrogens with one attached hydrogen (secondary N) is 2. The smallest absolute Gasteiger partial charge is 0.0334 e. The van der Waals surface area contributed by atoms with Gasteiger partial charge in [-0.15, -0.1) is 0 Å². The van der Waals surface area contributed by atoms with Crippen LogP contribution in [-0.2, 0) is 0 Å². The molecule has 2 nitrogen and oxygen atoms in total. The summed E-state index contributed by atoms with van der Waals surface area (Å²) in [5, 5.41) is 8.29. The number of allylic oxidation sites excluding steroid dienone is 2. The van der Waals surface area contributed by atoms with Crippen LogP contribution in [0.3, 0.4) is 0 Å². The van der Waals surface area contributed by atoms with Gasteiger partial charge in [0, 0.05) is 18.9 Å². The summed E-state index contributed by atoms with van der Waals surface area (Å²) < 4.78 is 0. The second kappa shape index (κ2) is 14.5. The fourth-order valence-electron chi connectivity index (χ4n) is 8.80. The largest absolute Gasteiger partial charge is 0.387 e. The van der Waals surface area contributed by atoms with E-state index in [0.29, 0.717) is 0 Å². The molecular formula is C55H42N2. The first-order chi connectivity index (χ1) is 28.1. The number of aromatic nitrogens is 1. The topological polar surface area (TPSA) is 27.8 Å². The Balaban J connectivity index is 1.24. The van der Waals surface area contributed by atoms with Crippen LogP contribution in [0.1, 0.15) is 16.7 Å². The van der Waals surface area contributed by atoms with E-state index in [1.165, 1.54) is 111 Å². The number of H-pyrrole nitrogens is 1. The SMILES string of the molecule is Cc1cc(-c2c3ccccc3c(-c3ccc(-c4cc[nH]c4)c(C)c3)c3ccc(-c4cc(-c5ccccc5)cc(-c5ccccc5)c4)cc23)ccc1C1=CCNC=C1. The standard InChI is InChI=1S/C55H42N2/c1-36-29-43(18-20-48(36)40-23-26-56-27-24-40)55-51-16-10-9-15-50(51)54(42-19-21-49(37(2)30-42)44-25-28-57-35-44)52-22-17-41(34-53(52)55)47-32-45(38-11-5-3-6-12-38)31-46(33-47)39-13-7-4-8-14-39/h3-26,28-35,56-57H,27H2,1-2H3. The van der Waals surface area contributed by atoms with Crippen LogP contribution in [0.25, 0.3) is 93.9 Å². The molecule has 0 spiro atoms. The monoisotopic (exact) mass is 730 g/mol. The molecule has 0 fully saturated rings. The maximum Gasteiger partial charge on any atom is 0.0334 e. The number of fused-ring (bicyclic) bond motifs is 2. The molecule has 1 aliphatic heterocycles. The molecule has 1 aromatic heterocycles. The molecule has 10 rings (SSSR count). The summed E-state index contributed by atoms with van der Waals surface area (Å²) in [6.07, 6.45) is 10.6. The van der Waals surface area contributed by atoms with Crippen LogP contribution in [-0.4, -0.2) is 11.5 Å². The lowest BCUT2D eigenvalue weighted by atomic mass is 9.83. The minimum absolute atomic E-state index is 0.843. The van der Waals surface area contributed by atoms with E-state index in [9.17, 15) is 0 Å². The van der Waals surface area contributed by atoms with Gasteiger partial charge < -0.3 is 10.3 Å². The van der Waals surface area contributed by atoms with E-state index >= 15 is 0 Å². The zero-order chi connectivity index (χ0) is 38.3.